The smallest absolute Gasteiger partial charge is 0.224 e. The lowest BCUT2D eigenvalue weighted by atomic mass is 9.86. The molecule has 0 radical (unpaired) electrons. The fourth-order valence-corrected chi connectivity index (χ4v) is 4.56. The molecule has 0 aliphatic heterocycles. The van der Waals surface area contributed by atoms with Crippen LogP contribution in [0.5, 0.6) is 0 Å². The van der Waals surface area contributed by atoms with E-state index in [1.165, 1.54) is 19.3 Å². The van der Waals surface area contributed by atoms with Crippen molar-refractivity contribution in [3.05, 3.63) is 0 Å². The van der Waals surface area contributed by atoms with Gasteiger partial charge in [0.1, 0.15) is 0 Å². The lowest BCUT2D eigenvalue weighted by Gasteiger charge is -2.32. The molecule has 3 N–H and O–H groups in total. The Balaban J connectivity index is 1.68. The molecule has 3 unspecified atom stereocenters. The zero-order chi connectivity index (χ0) is 12.8. The summed E-state index contributed by atoms with van der Waals surface area (Å²) in [5, 5.41) is 3.21. The maximum absolute atomic E-state index is 12.5. The van der Waals surface area contributed by atoms with Crippen LogP contribution in [-0.2, 0) is 4.79 Å². The summed E-state index contributed by atoms with van der Waals surface area (Å²) in [4.78, 5) is 13.0. The van der Waals surface area contributed by atoms with Crippen LogP contribution in [0.4, 0.5) is 0 Å². The maximum Gasteiger partial charge on any atom is 0.224 e. The van der Waals surface area contributed by atoms with Gasteiger partial charge in [-0.1, -0.05) is 31.5 Å². The fourth-order valence-electron chi connectivity index (χ4n) is 4.31. The zero-order valence-electron chi connectivity index (χ0n) is 10.8. The van der Waals surface area contributed by atoms with Gasteiger partial charge in [-0.25, -0.2) is 0 Å². The van der Waals surface area contributed by atoms with Crippen molar-refractivity contribution in [1.29, 1.82) is 0 Å². The summed E-state index contributed by atoms with van der Waals surface area (Å²) in [5.74, 6) is 1.88. The van der Waals surface area contributed by atoms with E-state index in [0.717, 1.165) is 38.0 Å². The molecule has 0 heterocycles. The molecule has 3 saturated carbocycles. The maximum atomic E-state index is 12.5. The number of hydrogen-bond donors (Lipinski definition) is 2. The molecular weight excluding hydrogens is 244 g/mol. The molecule has 3 rings (SSSR count). The van der Waals surface area contributed by atoms with Crippen molar-refractivity contribution < 1.29 is 4.79 Å². The Morgan fingerprint density at radius 2 is 1.94 bits per heavy atom. The van der Waals surface area contributed by atoms with Crippen LogP contribution in [0.25, 0.3) is 0 Å². The van der Waals surface area contributed by atoms with Gasteiger partial charge in [0.2, 0.25) is 5.91 Å². The highest BCUT2D eigenvalue weighted by molar-refractivity contribution is 7.80. The van der Waals surface area contributed by atoms with E-state index in [2.05, 4.69) is 5.32 Å². The summed E-state index contributed by atoms with van der Waals surface area (Å²) in [7, 11) is 0. The number of thiocarbonyl (C=S) groups is 1. The van der Waals surface area contributed by atoms with E-state index in [1.54, 1.807) is 0 Å². The summed E-state index contributed by atoms with van der Waals surface area (Å²) >= 11 is 5.19. The summed E-state index contributed by atoms with van der Waals surface area (Å²) in [6.45, 7) is 0. The summed E-state index contributed by atoms with van der Waals surface area (Å²) < 4.78 is 0. The minimum absolute atomic E-state index is 0.219. The first-order valence-electron chi connectivity index (χ1n) is 7.23. The summed E-state index contributed by atoms with van der Waals surface area (Å²) in [6.07, 6.45) is 9.01. The van der Waals surface area contributed by atoms with Gasteiger partial charge in [0.25, 0.3) is 0 Å². The lowest BCUT2D eigenvalue weighted by molar-refractivity contribution is -0.127. The van der Waals surface area contributed by atoms with Crippen molar-refractivity contribution in [1.82, 2.24) is 5.32 Å². The first-order chi connectivity index (χ1) is 8.61. The van der Waals surface area contributed by atoms with Crippen LogP contribution < -0.4 is 11.1 Å². The molecule has 18 heavy (non-hydrogen) atoms. The first kappa shape index (κ1) is 12.4. The number of nitrogens with one attached hydrogen (secondary N) is 1. The normalized spacial score (nSPS) is 36.8. The number of fused-ring (bicyclic) bond motifs is 2. The van der Waals surface area contributed by atoms with Crippen LogP contribution in [-0.4, -0.2) is 16.4 Å². The van der Waals surface area contributed by atoms with Gasteiger partial charge in [-0.15, -0.1) is 0 Å². The molecule has 0 spiro atoms. The molecule has 0 aromatic heterocycles. The van der Waals surface area contributed by atoms with E-state index in [9.17, 15) is 4.79 Å². The van der Waals surface area contributed by atoms with E-state index < -0.39 is 0 Å². The van der Waals surface area contributed by atoms with Crippen molar-refractivity contribution in [3.8, 4) is 0 Å². The third-order valence-electron chi connectivity index (χ3n) is 5.37. The molecular formula is C14H22N2OS. The molecule has 1 amide bonds. The predicted molar refractivity (Wildman–Crippen MR) is 75.1 cm³/mol. The van der Waals surface area contributed by atoms with Crippen molar-refractivity contribution >= 4 is 23.1 Å². The molecule has 100 valence electrons. The van der Waals surface area contributed by atoms with E-state index >= 15 is 0 Å². The lowest BCUT2D eigenvalue weighted by Crippen LogP contribution is -2.56. The van der Waals surface area contributed by atoms with Crippen molar-refractivity contribution in [2.45, 2.75) is 56.9 Å². The number of carbonyl (C=O) groups excluding carboxylic acids is 1. The molecule has 4 heteroatoms. The Hall–Kier alpha value is -0.640. The largest absolute Gasteiger partial charge is 0.391 e. The molecule has 3 atom stereocenters. The second kappa shape index (κ2) is 4.48. The van der Waals surface area contributed by atoms with E-state index in [-0.39, 0.29) is 17.4 Å². The predicted octanol–water partition coefficient (Wildman–Crippen LogP) is 2.14. The molecule has 3 nitrogen and oxygen atoms in total. The Kier molecular flexibility index (Phi) is 3.08. The van der Waals surface area contributed by atoms with E-state index in [4.69, 9.17) is 18.0 Å². The standard InChI is InChI=1S/C14H22N2OS/c15-13(18)14(5-1-2-6-14)16-12(17)11-8-9-3-4-10(11)7-9/h9-11H,1-8H2,(H2,15,18)(H,16,17). The second-order valence-corrected chi connectivity index (χ2v) is 6.86. The van der Waals surface area contributed by atoms with Crippen LogP contribution in [0.1, 0.15) is 51.4 Å². The average molecular weight is 266 g/mol. The van der Waals surface area contributed by atoms with Gasteiger partial charge >= 0.3 is 0 Å². The van der Waals surface area contributed by atoms with Gasteiger partial charge in [-0.05, 0) is 43.9 Å². The Morgan fingerprint density at radius 1 is 1.22 bits per heavy atom. The van der Waals surface area contributed by atoms with Gasteiger partial charge in [0, 0.05) is 5.92 Å². The summed E-state index contributed by atoms with van der Waals surface area (Å²) in [5.41, 5.74) is 5.51. The third kappa shape index (κ3) is 1.94. The fraction of sp³-hybridized carbons (Fsp3) is 0.857. The third-order valence-corrected chi connectivity index (χ3v) is 5.76. The van der Waals surface area contributed by atoms with Crippen molar-refractivity contribution in [2.24, 2.45) is 23.5 Å². The van der Waals surface area contributed by atoms with Gasteiger partial charge in [0.15, 0.2) is 0 Å². The van der Waals surface area contributed by atoms with Crippen LogP contribution >= 0.6 is 12.2 Å². The van der Waals surface area contributed by atoms with Crippen molar-refractivity contribution in [2.75, 3.05) is 0 Å². The topological polar surface area (TPSA) is 55.1 Å². The van der Waals surface area contributed by atoms with Crippen LogP contribution in [0.2, 0.25) is 0 Å². The number of rotatable bonds is 3. The minimum Gasteiger partial charge on any atom is -0.391 e. The Labute approximate surface area is 114 Å². The van der Waals surface area contributed by atoms with Crippen molar-refractivity contribution in [3.63, 3.8) is 0 Å². The van der Waals surface area contributed by atoms with Gasteiger partial charge in [-0.2, -0.15) is 0 Å². The number of carbonyl (C=O) groups is 1. The summed E-state index contributed by atoms with van der Waals surface area (Å²) in [6, 6.07) is 0. The SMILES string of the molecule is NC(=S)C1(NC(=O)C2CC3CCC2C3)CCCC1. The quantitative estimate of drug-likeness (QED) is 0.770. The highest BCUT2D eigenvalue weighted by atomic mass is 32.1. The van der Waals surface area contributed by atoms with Crippen LogP contribution in [0, 0.1) is 17.8 Å². The monoisotopic (exact) mass is 266 g/mol. The molecule has 0 aromatic carbocycles. The average Bonchev–Trinajstić information content (AvgIpc) is 3.04. The molecule has 3 fully saturated rings. The van der Waals surface area contributed by atoms with E-state index in [1.807, 2.05) is 0 Å². The molecule has 3 aliphatic rings. The number of nitrogens with two attached hydrogens (primary N) is 1. The first-order valence-corrected chi connectivity index (χ1v) is 7.63. The number of amides is 1. The highest BCUT2D eigenvalue weighted by Gasteiger charge is 2.46. The van der Waals surface area contributed by atoms with Gasteiger partial charge < -0.3 is 11.1 Å². The molecule has 2 bridgehead atoms. The molecule has 0 aromatic rings. The van der Waals surface area contributed by atoms with Gasteiger partial charge in [0.05, 0.1) is 10.5 Å². The highest BCUT2D eigenvalue weighted by Crippen LogP contribution is 2.48. The molecule has 3 aliphatic carbocycles. The van der Waals surface area contributed by atoms with Gasteiger partial charge in [-0.3, -0.25) is 4.79 Å². The second-order valence-electron chi connectivity index (χ2n) is 6.42. The minimum atomic E-state index is -0.367. The number of hydrogen-bond acceptors (Lipinski definition) is 2. The van der Waals surface area contributed by atoms with E-state index in [0.29, 0.717) is 10.9 Å². The Morgan fingerprint density at radius 3 is 2.44 bits per heavy atom. The zero-order valence-corrected chi connectivity index (χ0v) is 11.6. The van der Waals surface area contributed by atoms with Crippen LogP contribution in [0.15, 0.2) is 0 Å². The Bertz CT molecular complexity index is 376. The van der Waals surface area contributed by atoms with Crippen LogP contribution in [0.3, 0.4) is 0 Å². The molecule has 0 saturated heterocycles.